The Balaban J connectivity index is 1.67. The van der Waals surface area contributed by atoms with E-state index in [1.807, 2.05) is 0 Å². The van der Waals surface area contributed by atoms with Crippen LogP contribution in [0.3, 0.4) is 0 Å². The highest BCUT2D eigenvalue weighted by Gasteiger charge is 2.37. The monoisotopic (exact) mass is 394 g/mol. The summed E-state index contributed by atoms with van der Waals surface area (Å²) < 4.78 is 0. The van der Waals surface area contributed by atoms with Crippen molar-refractivity contribution in [3.8, 4) is 11.1 Å². The topological polar surface area (TPSA) is 0 Å². The Morgan fingerprint density at radius 3 is 1.87 bits per heavy atom. The van der Waals surface area contributed by atoms with E-state index in [1.54, 1.807) is 0 Å². The number of fused-ring (bicyclic) bond motifs is 9. The molecule has 0 nitrogen and oxygen atoms in total. The van der Waals surface area contributed by atoms with Crippen LogP contribution in [0.25, 0.3) is 54.2 Å². The van der Waals surface area contributed by atoms with Crippen LogP contribution in [0.4, 0.5) is 0 Å². The zero-order chi connectivity index (χ0) is 20.7. The van der Waals surface area contributed by atoms with E-state index in [2.05, 4.69) is 111 Å². The van der Waals surface area contributed by atoms with Gasteiger partial charge in [0.1, 0.15) is 0 Å². The quantitative estimate of drug-likeness (QED) is 0.179. The maximum absolute atomic E-state index is 2.44. The van der Waals surface area contributed by atoms with Crippen LogP contribution in [0.2, 0.25) is 0 Å². The number of hydrogen-bond acceptors (Lipinski definition) is 0. The molecular formula is C31H22. The van der Waals surface area contributed by atoms with Crippen molar-refractivity contribution in [1.29, 1.82) is 0 Å². The van der Waals surface area contributed by atoms with E-state index in [4.69, 9.17) is 0 Å². The molecule has 0 spiro atoms. The highest BCUT2D eigenvalue weighted by molar-refractivity contribution is 6.17. The molecule has 7 rings (SSSR count). The van der Waals surface area contributed by atoms with Gasteiger partial charge in [-0.2, -0.15) is 0 Å². The van der Waals surface area contributed by atoms with Crippen molar-refractivity contribution in [2.24, 2.45) is 0 Å². The normalized spacial score (nSPS) is 14.4. The van der Waals surface area contributed by atoms with Gasteiger partial charge in [-0.15, -0.1) is 0 Å². The van der Waals surface area contributed by atoms with Gasteiger partial charge in [0.15, 0.2) is 0 Å². The van der Waals surface area contributed by atoms with Gasteiger partial charge in [-0.3, -0.25) is 0 Å². The van der Waals surface area contributed by atoms with Crippen molar-refractivity contribution >= 4 is 43.1 Å². The molecule has 6 aromatic rings. The highest BCUT2D eigenvalue weighted by atomic mass is 14.4. The van der Waals surface area contributed by atoms with Gasteiger partial charge in [-0.25, -0.2) is 0 Å². The van der Waals surface area contributed by atoms with Crippen molar-refractivity contribution < 1.29 is 0 Å². The molecule has 0 saturated heterocycles. The number of hydrogen-bond donors (Lipinski definition) is 0. The summed E-state index contributed by atoms with van der Waals surface area (Å²) in [4.78, 5) is 0. The van der Waals surface area contributed by atoms with Crippen molar-refractivity contribution in [1.82, 2.24) is 0 Å². The molecular weight excluding hydrogens is 372 g/mol. The molecule has 0 aliphatic heterocycles. The van der Waals surface area contributed by atoms with Gasteiger partial charge in [0, 0.05) is 5.41 Å². The van der Waals surface area contributed by atoms with Gasteiger partial charge in [-0.1, -0.05) is 86.6 Å². The van der Waals surface area contributed by atoms with Gasteiger partial charge >= 0.3 is 0 Å². The third-order valence-corrected chi connectivity index (χ3v) is 7.37. The highest BCUT2D eigenvalue weighted by Crippen LogP contribution is 2.53. The fourth-order valence-corrected chi connectivity index (χ4v) is 5.76. The van der Waals surface area contributed by atoms with E-state index >= 15 is 0 Å². The largest absolute Gasteiger partial charge is 0.0616 e. The Morgan fingerprint density at radius 2 is 1.10 bits per heavy atom. The molecule has 0 atom stereocenters. The lowest BCUT2D eigenvalue weighted by Gasteiger charge is -2.22. The minimum atomic E-state index is -0.0182. The summed E-state index contributed by atoms with van der Waals surface area (Å²) in [7, 11) is 0. The molecule has 0 heteroatoms. The Labute approximate surface area is 181 Å². The number of benzene rings is 6. The first-order chi connectivity index (χ1) is 15.1. The molecule has 0 unspecified atom stereocenters. The maximum Gasteiger partial charge on any atom is 0.0159 e. The molecule has 1 aliphatic rings. The average molecular weight is 395 g/mol. The smallest absolute Gasteiger partial charge is 0.0159 e. The van der Waals surface area contributed by atoms with Crippen LogP contribution >= 0.6 is 0 Å². The molecule has 1 aliphatic carbocycles. The Bertz CT molecular complexity index is 1700. The predicted molar refractivity (Wildman–Crippen MR) is 134 cm³/mol. The molecule has 0 amide bonds. The zero-order valence-corrected chi connectivity index (χ0v) is 17.7. The fraction of sp³-hybridized carbons (Fsp3) is 0.0968. The second-order valence-electron chi connectivity index (χ2n) is 9.44. The number of rotatable bonds is 0. The van der Waals surface area contributed by atoms with Crippen LogP contribution in [-0.4, -0.2) is 0 Å². The minimum absolute atomic E-state index is 0.0182. The van der Waals surface area contributed by atoms with E-state index in [1.165, 1.54) is 65.3 Å². The lowest BCUT2D eigenvalue weighted by Crippen LogP contribution is -2.14. The molecule has 31 heavy (non-hydrogen) atoms. The second kappa shape index (κ2) is 5.74. The van der Waals surface area contributed by atoms with Crippen molar-refractivity contribution in [3.05, 3.63) is 108 Å². The van der Waals surface area contributed by atoms with Crippen LogP contribution in [0.15, 0.2) is 97.1 Å². The van der Waals surface area contributed by atoms with Crippen LogP contribution in [0, 0.1) is 0 Å². The minimum Gasteiger partial charge on any atom is -0.0616 e. The molecule has 0 fully saturated rings. The van der Waals surface area contributed by atoms with Crippen molar-refractivity contribution in [2.45, 2.75) is 19.3 Å². The summed E-state index contributed by atoms with van der Waals surface area (Å²) in [6.07, 6.45) is 0. The first-order valence-corrected chi connectivity index (χ1v) is 11.0. The third-order valence-electron chi connectivity index (χ3n) is 7.37. The Morgan fingerprint density at radius 1 is 0.484 bits per heavy atom. The van der Waals surface area contributed by atoms with Gasteiger partial charge in [0.25, 0.3) is 0 Å². The van der Waals surface area contributed by atoms with Gasteiger partial charge in [0.05, 0.1) is 0 Å². The summed E-state index contributed by atoms with van der Waals surface area (Å²) in [6.45, 7) is 4.75. The van der Waals surface area contributed by atoms with Crippen LogP contribution < -0.4 is 0 Å². The van der Waals surface area contributed by atoms with Crippen molar-refractivity contribution in [2.75, 3.05) is 0 Å². The summed E-state index contributed by atoms with van der Waals surface area (Å²) in [5.74, 6) is 0. The predicted octanol–water partition coefficient (Wildman–Crippen LogP) is 8.61. The van der Waals surface area contributed by atoms with E-state index in [0.717, 1.165) is 0 Å². The van der Waals surface area contributed by atoms with E-state index in [9.17, 15) is 0 Å². The van der Waals surface area contributed by atoms with E-state index in [0.29, 0.717) is 0 Å². The van der Waals surface area contributed by atoms with Crippen LogP contribution in [0.5, 0.6) is 0 Å². The lowest BCUT2D eigenvalue weighted by atomic mass is 9.81. The summed E-state index contributed by atoms with van der Waals surface area (Å²) in [5.41, 5.74) is 5.67. The van der Waals surface area contributed by atoms with Gasteiger partial charge in [0.2, 0.25) is 0 Å². The first kappa shape index (κ1) is 17.1. The van der Waals surface area contributed by atoms with Crippen molar-refractivity contribution in [3.63, 3.8) is 0 Å². The Kier molecular flexibility index (Phi) is 3.16. The molecule has 6 aromatic carbocycles. The van der Waals surface area contributed by atoms with E-state index < -0.39 is 0 Å². The van der Waals surface area contributed by atoms with Gasteiger partial charge in [-0.05, 0) is 89.6 Å². The summed E-state index contributed by atoms with van der Waals surface area (Å²) >= 11 is 0. The SMILES string of the molecule is CC1(C)c2cc3cc4ccccc4cc3cc2-c2c1ccc1ccc3ccccc3c21. The molecule has 146 valence electrons. The standard InChI is InChI=1S/C31H22/c1-31(2)27-14-13-20-12-11-19-7-5-6-10-25(19)29(20)30(27)26-17-23-15-21-8-3-4-9-22(21)16-24(23)18-28(26)31/h3-18H,1-2H3. The second-order valence-corrected chi connectivity index (χ2v) is 9.44. The van der Waals surface area contributed by atoms with Crippen LogP contribution in [0.1, 0.15) is 25.0 Å². The molecule has 0 N–H and O–H groups in total. The summed E-state index contributed by atoms with van der Waals surface area (Å²) in [6, 6.07) is 36.2. The fourth-order valence-electron chi connectivity index (χ4n) is 5.76. The molecule has 0 heterocycles. The zero-order valence-electron chi connectivity index (χ0n) is 17.7. The lowest BCUT2D eigenvalue weighted by molar-refractivity contribution is 0.661. The van der Waals surface area contributed by atoms with E-state index in [-0.39, 0.29) is 5.41 Å². The average Bonchev–Trinajstić information content (AvgIpc) is 3.02. The first-order valence-electron chi connectivity index (χ1n) is 11.0. The molecule has 0 radical (unpaired) electrons. The molecule has 0 aromatic heterocycles. The Hall–Kier alpha value is -3.64. The molecule has 0 saturated carbocycles. The maximum atomic E-state index is 2.44. The molecule has 0 bridgehead atoms. The third kappa shape index (κ3) is 2.20. The van der Waals surface area contributed by atoms with Gasteiger partial charge < -0.3 is 0 Å². The van der Waals surface area contributed by atoms with Crippen LogP contribution in [-0.2, 0) is 5.41 Å². The summed E-state index contributed by atoms with van der Waals surface area (Å²) in [5, 5.41) is 10.6.